The summed E-state index contributed by atoms with van der Waals surface area (Å²) < 4.78 is 0. The molecular weight excluding hydrogens is 482 g/mol. The molecule has 3 rings (SSSR count). The molecule has 3 N–H and O–H groups in total. The van der Waals surface area contributed by atoms with Gasteiger partial charge in [-0.25, -0.2) is 4.79 Å². The number of carbonyl (C=O) groups excluding carboxylic acids is 3. The van der Waals surface area contributed by atoms with Gasteiger partial charge in [0.2, 0.25) is 11.1 Å². The van der Waals surface area contributed by atoms with Gasteiger partial charge in [0.15, 0.2) is 0 Å². The zero-order valence-electron chi connectivity index (χ0n) is 18.1. The van der Waals surface area contributed by atoms with Gasteiger partial charge in [0, 0.05) is 36.6 Å². The van der Waals surface area contributed by atoms with E-state index in [4.69, 9.17) is 34.0 Å². The quantitative estimate of drug-likeness (QED) is 0.242. The number of rotatable bonds is 6. The first-order valence-corrected chi connectivity index (χ1v) is 10.5. The van der Waals surface area contributed by atoms with E-state index < -0.39 is 11.9 Å². The molecule has 1 aliphatic heterocycles. The van der Waals surface area contributed by atoms with Gasteiger partial charge in [-0.1, -0.05) is 12.1 Å². The Hall–Kier alpha value is -2.10. The summed E-state index contributed by atoms with van der Waals surface area (Å²) in [5.41, 5.74) is 7.03. The molecule has 11 heteroatoms. The van der Waals surface area contributed by atoms with Crippen molar-refractivity contribution >= 4 is 57.7 Å². The molecule has 33 heavy (non-hydrogen) atoms. The normalized spacial score (nSPS) is 11.8. The molecule has 0 bridgehead atoms. The number of nitrogens with two attached hydrogens (primary N) is 1. The Morgan fingerprint density at radius 3 is 1.94 bits per heavy atom. The van der Waals surface area contributed by atoms with Crippen molar-refractivity contribution in [2.24, 2.45) is 0 Å². The van der Waals surface area contributed by atoms with Crippen molar-refractivity contribution in [2.45, 2.75) is 25.7 Å². The van der Waals surface area contributed by atoms with Crippen molar-refractivity contribution < 1.29 is 58.9 Å². The van der Waals surface area contributed by atoms with Crippen LogP contribution in [0.1, 0.15) is 46.4 Å². The zero-order chi connectivity index (χ0) is 24.1. The molecule has 1 amide bonds. The third kappa shape index (κ3) is 12.1. The number of hydrogen-bond acceptors (Lipinski definition) is 6. The maximum absolute atomic E-state index is 11.4. The number of halogens is 2. The minimum atomic E-state index is -1.18. The van der Waals surface area contributed by atoms with Gasteiger partial charge in [-0.15, -0.1) is 11.6 Å². The Labute approximate surface area is 223 Å². The molecular formula is C22H23Cl2N2NaO6. The smallest absolute Gasteiger partial charge is 0.545 e. The fraction of sp³-hybridized carbons (Fsp3) is 0.273. The number of hydrogen-bond donors (Lipinski definition) is 2. The summed E-state index contributed by atoms with van der Waals surface area (Å²) in [7, 11) is 0. The molecule has 1 fully saturated rings. The Morgan fingerprint density at radius 1 is 1.03 bits per heavy atom. The molecule has 2 aromatic rings. The van der Waals surface area contributed by atoms with Crippen molar-refractivity contribution in [2.75, 3.05) is 23.1 Å². The second-order valence-corrected chi connectivity index (χ2v) is 7.36. The topological polar surface area (TPSA) is 141 Å². The Bertz CT molecular complexity index is 923. The molecule has 0 unspecified atom stereocenters. The van der Waals surface area contributed by atoms with Crippen LogP contribution >= 0.6 is 23.2 Å². The molecule has 2 aromatic carbocycles. The number of carboxylic acids is 2. The molecule has 0 spiro atoms. The van der Waals surface area contributed by atoms with Crippen LogP contribution in [0.2, 0.25) is 0 Å². The van der Waals surface area contributed by atoms with Crippen LogP contribution in [-0.2, 0) is 9.59 Å². The van der Waals surface area contributed by atoms with E-state index in [1.807, 2.05) is 0 Å². The van der Waals surface area contributed by atoms with E-state index in [9.17, 15) is 24.3 Å². The molecule has 0 aliphatic carbocycles. The fourth-order valence-corrected chi connectivity index (χ4v) is 2.80. The number of amides is 1. The van der Waals surface area contributed by atoms with Gasteiger partial charge in [-0.2, -0.15) is 0 Å². The van der Waals surface area contributed by atoms with E-state index in [1.165, 1.54) is 36.4 Å². The van der Waals surface area contributed by atoms with Crippen molar-refractivity contribution in [3.63, 3.8) is 0 Å². The standard InChI is InChI=1S/C11H11NO3.C7H7NO2.C4H6Cl2O.Na/c13-10-2-1-7-12(10)9-5-3-8(4-6-9)11(14)15;8-6-3-1-5(2-4-6)7(9)10;5-3-1-2-4(6)7;/h3-6H,1-2,7H2,(H,14,15);1-4H,8H2,(H,9,10);1-3H2;/q;;;+1/p-1. The second kappa shape index (κ2) is 16.5. The molecule has 0 atom stereocenters. The molecule has 1 saturated heterocycles. The first-order chi connectivity index (χ1) is 15.1. The summed E-state index contributed by atoms with van der Waals surface area (Å²) in [6.45, 7) is 0.727. The predicted molar refractivity (Wildman–Crippen MR) is 121 cm³/mol. The summed E-state index contributed by atoms with van der Waals surface area (Å²) >= 11 is 10.2. The van der Waals surface area contributed by atoms with Crippen molar-refractivity contribution in [1.29, 1.82) is 0 Å². The summed E-state index contributed by atoms with van der Waals surface area (Å²) in [6.07, 6.45) is 2.54. The van der Waals surface area contributed by atoms with Crippen LogP contribution in [0.4, 0.5) is 11.4 Å². The van der Waals surface area contributed by atoms with E-state index in [1.54, 1.807) is 17.0 Å². The fourth-order valence-electron chi connectivity index (χ4n) is 2.53. The van der Waals surface area contributed by atoms with Gasteiger partial charge in [-0.3, -0.25) is 9.59 Å². The van der Waals surface area contributed by atoms with Gasteiger partial charge in [0.05, 0.1) is 11.5 Å². The first-order valence-electron chi connectivity index (χ1n) is 9.60. The number of nitrogen functional groups attached to an aromatic ring is 1. The van der Waals surface area contributed by atoms with E-state index in [0.29, 0.717) is 30.8 Å². The Kier molecular flexibility index (Phi) is 15.5. The van der Waals surface area contributed by atoms with Crippen LogP contribution in [-0.4, -0.2) is 40.6 Å². The van der Waals surface area contributed by atoms with Gasteiger partial charge < -0.3 is 25.6 Å². The monoisotopic (exact) mass is 504 g/mol. The number of anilines is 2. The van der Waals surface area contributed by atoms with E-state index >= 15 is 0 Å². The van der Waals surface area contributed by atoms with Crippen LogP contribution in [0.3, 0.4) is 0 Å². The van der Waals surface area contributed by atoms with Crippen LogP contribution in [0, 0.1) is 0 Å². The van der Waals surface area contributed by atoms with Crippen molar-refractivity contribution in [1.82, 2.24) is 0 Å². The molecule has 8 nitrogen and oxygen atoms in total. The number of alkyl halides is 1. The third-order valence-corrected chi connectivity index (χ3v) is 4.61. The predicted octanol–water partition coefficient (Wildman–Crippen LogP) is -0.0813. The number of carboxylic acid groups (broad SMARTS) is 2. The summed E-state index contributed by atoms with van der Waals surface area (Å²) in [4.78, 5) is 43.8. The van der Waals surface area contributed by atoms with E-state index in [2.05, 4.69) is 0 Å². The van der Waals surface area contributed by atoms with Crippen molar-refractivity contribution in [3.8, 4) is 0 Å². The van der Waals surface area contributed by atoms with E-state index in [0.717, 1.165) is 18.7 Å². The maximum atomic E-state index is 11.4. The summed E-state index contributed by atoms with van der Waals surface area (Å²) in [5.74, 6) is -1.51. The van der Waals surface area contributed by atoms with Crippen LogP contribution in [0.15, 0.2) is 48.5 Å². The molecule has 0 radical (unpaired) electrons. The van der Waals surface area contributed by atoms with Gasteiger partial charge in [0.1, 0.15) is 0 Å². The third-order valence-electron chi connectivity index (χ3n) is 4.15. The van der Waals surface area contributed by atoms with Gasteiger partial charge >= 0.3 is 35.5 Å². The van der Waals surface area contributed by atoms with Crippen LogP contribution in [0.5, 0.6) is 0 Å². The van der Waals surface area contributed by atoms with Crippen LogP contribution < -0.4 is 45.3 Å². The number of benzene rings is 2. The van der Waals surface area contributed by atoms with Crippen molar-refractivity contribution in [3.05, 3.63) is 59.7 Å². The second-order valence-electron chi connectivity index (χ2n) is 6.56. The first kappa shape index (κ1) is 30.9. The molecule has 1 heterocycles. The molecule has 1 aliphatic rings. The molecule has 172 valence electrons. The summed E-state index contributed by atoms with van der Waals surface area (Å²) in [6, 6.07) is 12.2. The van der Waals surface area contributed by atoms with Gasteiger partial charge in [0.25, 0.3) is 0 Å². The maximum Gasteiger partial charge on any atom is 1.00 e. The minimum absolute atomic E-state index is 0. The SMILES string of the molecule is Nc1ccc(C(=O)[O-])cc1.O=C(Cl)CCCCl.O=C(O)c1ccc(N2CCCC2=O)cc1.[Na+]. The molecule has 0 aromatic heterocycles. The number of carbonyl (C=O) groups is 4. The summed E-state index contributed by atoms with van der Waals surface area (Å²) in [5, 5.41) is 18.6. The number of nitrogens with zero attached hydrogens (tertiary/aromatic N) is 1. The Morgan fingerprint density at radius 2 is 1.58 bits per heavy atom. The average molecular weight is 505 g/mol. The Balaban J connectivity index is 0.000000497. The zero-order valence-corrected chi connectivity index (χ0v) is 21.6. The largest absolute Gasteiger partial charge is 1.00 e. The minimum Gasteiger partial charge on any atom is -0.545 e. The van der Waals surface area contributed by atoms with Crippen LogP contribution in [0.25, 0.3) is 0 Å². The number of aromatic carboxylic acids is 2. The van der Waals surface area contributed by atoms with Gasteiger partial charge in [-0.05, 0) is 66.4 Å². The van der Waals surface area contributed by atoms with E-state index in [-0.39, 0.29) is 51.8 Å². The average Bonchev–Trinajstić information content (AvgIpc) is 3.19. The molecule has 0 saturated carbocycles.